The van der Waals surface area contributed by atoms with Crippen LogP contribution < -0.4 is 16.0 Å². The Balaban J connectivity index is 2.56. The summed E-state index contributed by atoms with van der Waals surface area (Å²) >= 11 is 0. The Kier molecular flexibility index (Phi) is 7.95. The van der Waals surface area contributed by atoms with E-state index >= 15 is 0 Å². The van der Waals surface area contributed by atoms with Gasteiger partial charge in [0.15, 0.2) is 0 Å². The molecule has 1 aliphatic carbocycles. The maximum atomic E-state index is 11.8. The summed E-state index contributed by atoms with van der Waals surface area (Å²) in [6.45, 7) is 3.94. The third kappa shape index (κ3) is 6.80. The number of carbonyl (C=O) groups is 2. The van der Waals surface area contributed by atoms with Crippen LogP contribution in [0.15, 0.2) is 12.7 Å². The fourth-order valence-corrected chi connectivity index (χ4v) is 2.67. The van der Waals surface area contributed by atoms with Gasteiger partial charge >= 0.3 is 6.03 Å². The third-order valence-electron chi connectivity index (χ3n) is 3.71. The first-order valence-electron chi connectivity index (χ1n) is 7.46. The van der Waals surface area contributed by atoms with Crippen molar-refractivity contribution in [3.63, 3.8) is 0 Å². The van der Waals surface area contributed by atoms with Crippen LogP contribution in [0.25, 0.3) is 0 Å². The maximum Gasteiger partial charge on any atom is 0.315 e. The molecule has 6 nitrogen and oxygen atoms in total. The van der Waals surface area contributed by atoms with Crippen molar-refractivity contribution < 1.29 is 9.59 Å². The molecule has 1 rings (SSSR count). The molecule has 0 aromatic heterocycles. The molecule has 0 radical (unpaired) electrons. The minimum Gasteiger partial charge on any atom is -0.343 e. The predicted molar refractivity (Wildman–Crippen MR) is 80.3 cm³/mol. The lowest BCUT2D eigenvalue weighted by Crippen LogP contribution is -2.48. The molecule has 0 heterocycles. The van der Waals surface area contributed by atoms with E-state index in [0.717, 1.165) is 25.7 Å². The fraction of sp³-hybridized carbons (Fsp3) is 0.667. The monoisotopic (exact) mass is 292 g/mol. The van der Waals surface area contributed by atoms with E-state index in [9.17, 15) is 9.59 Å². The van der Waals surface area contributed by atoms with Crippen molar-refractivity contribution in [1.82, 2.24) is 16.0 Å². The van der Waals surface area contributed by atoms with Crippen LogP contribution in [0.5, 0.6) is 0 Å². The average molecular weight is 292 g/mol. The first kappa shape index (κ1) is 17.0. The summed E-state index contributed by atoms with van der Waals surface area (Å²) in [7, 11) is 0. The summed E-state index contributed by atoms with van der Waals surface area (Å²) in [6, 6.07) is 1.41. The summed E-state index contributed by atoms with van der Waals surface area (Å²) < 4.78 is 0. The normalized spacial score (nSPS) is 16.3. The van der Waals surface area contributed by atoms with Crippen LogP contribution in [0.4, 0.5) is 4.79 Å². The van der Waals surface area contributed by atoms with E-state index in [4.69, 9.17) is 5.26 Å². The van der Waals surface area contributed by atoms with Gasteiger partial charge in [0.1, 0.15) is 6.54 Å². The number of urea groups is 1. The zero-order valence-corrected chi connectivity index (χ0v) is 12.4. The summed E-state index contributed by atoms with van der Waals surface area (Å²) in [4.78, 5) is 23.6. The molecule has 3 N–H and O–H groups in total. The standard InChI is InChI=1S/C15H24N4O2/c1-2-9-18-15(21)19-13(11-14(20)17-10-8-16)12-6-4-3-5-7-12/h2,12-13H,1,3-7,9-11H2,(H,17,20)(H2,18,19,21). The number of amides is 3. The number of carbonyl (C=O) groups excluding carboxylic acids is 2. The zero-order valence-electron chi connectivity index (χ0n) is 12.4. The molecular weight excluding hydrogens is 268 g/mol. The van der Waals surface area contributed by atoms with Gasteiger partial charge in [0.05, 0.1) is 6.07 Å². The number of nitriles is 1. The lowest BCUT2D eigenvalue weighted by Gasteiger charge is -2.30. The Hall–Kier alpha value is -2.03. The lowest BCUT2D eigenvalue weighted by atomic mass is 9.82. The minimum atomic E-state index is -0.279. The topological polar surface area (TPSA) is 94.0 Å². The highest BCUT2D eigenvalue weighted by Crippen LogP contribution is 2.27. The Morgan fingerprint density at radius 1 is 1.29 bits per heavy atom. The van der Waals surface area contributed by atoms with E-state index in [2.05, 4.69) is 22.5 Å². The number of rotatable bonds is 7. The Bertz CT molecular complexity index is 397. The average Bonchev–Trinajstić information content (AvgIpc) is 2.51. The van der Waals surface area contributed by atoms with Gasteiger partial charge in [-0.15, -0.1) is 6.58 Å². The van der Waals surface area contributed by atoms with Crippen molar-refractivity contribution in [3.05, 3.63) is 12.7 Å². The van der Waals surface area contributed by atoms with Gasteiger partial charge in [-0.1, -0.05) is 25.3 Å². The van der Waals surface area contributed by atoms with Crippen LogP contribution in [-0.2, 0) is 4.79 Å². The van der Waals surface area contributed by atoms with Crippen molar-refractivity contribution in [2.24, 2.45) is 5.92 Å². The number of nitrogens with zero attached hydrogens (tertiary/aromatic N) is 1. The second-order valence-corrected chi connectivity index (χ2v) is 5.29. The van der Waals surface area contributed by atoms with Gasteiger partial charge < -0.3 is 16.0 Å². The molecule has 3 amide bonds. The van der Waals surface area contributed by atoms with E-state index in [1.54, 1.807) is 6.08 Å². The molecule has 1 aliphatic rings. The Morgan fingerprint density at radius 3 is 2.62 bits per heavy atom. The van der Waals surface area contributed by atoms with Crippen LogP contribution in [-0.4, -0.2) is 31.1 Å². The Labute approximate surface area is 126 Å². The largest absolute Gasteiger partial charge is 0.343 e. The lowest BCUT2D eigenvalue weighted by molar-refractivity contribution is -0.121. The van der Waals surface area contributed by atoms with Crippen LogP contribution in [0.3, 0.4) is 0 Å². The quantitative estimate of drug-likeness (QED) is 0.489. The Morgan fingerprint density at radius 2 is 2.00 bits per heavy atom. The smallest absolute Gasteiger partial charge is 0.315 e. The number of hydrogen-bond donors (Lipinski definition) is 3. The van der Waals surface area contributed by atoms with Gasteiger partial charge in [0, 0.05) is 19.0 Å². The molecule has 0 aromatic rings. The van der Waals surface area contributed by atoms with Crippen molar-refractivity contribution in [2.45, 2.75) is 44.6 Å². The predicted octanol–water partition coefficient (Wildman–Crippen LogP) is 1.45. The fourth-order valence-electron chi connectivity index (χ4n) is 2.67. The van der Waals surface area contributed by atoms with Crippen LogP contribution in [0.1, 0.15) is 38.5 Å². The molecule has 1 fully saturated rings. The zero-order chi connectivity index (χ0) is 15.5. The van der Waals surface area contributed by atoms with Crippen molar-refractivity contribution in [1.29, 1.82) is 5.26 Å². The SMILES string of the molecule is C=CCNC(=O)NC(CC(=O)NCC#N)C1CCCCC1. The van der Waals surface area contributed by atoms with E-state index in [1.807, 2.05) is 6.07 Å². The highest BCUT2D eigenvalue weighted by Gasteiger charge is 2.27. The van der Waals surface area contributed by atoms with E-state index in [0.29, 0.717) is 12.5 Å². The highest BCUT2D eigenvalue weighted by molar-refractivity contribution is 5.79. The first-order chi connectivity index (χ1) is 10.2. The minimum absolute atomic E-state index is 0.00111. The van der Waals surface area contributed by atoms with Crippen molar-refractivity contribution in [2.75, 3.05) is 13.1 Å². The molecular formula is C15H24N4O2. The second-order valence-electron chi connectivity index (χ2n) is 5.29. The van der Waals surface area contributed by atoms with Gasteiger partial charge in [0.25, 0.3) is 0 Å². The first-order valence-corrected chi connectivity index (χ1v) is 7.46. The molecule has 6 heteroatoms. The molecule has 0 saturated heterocycles. The molecule has 1 saturated carbocycles. The molecule has 0 bridgehead atoms. The van der Waals surface area contributed by atoms with E-state index in [1.165, 1.54) is 6.42 Å². The molecule has 1 atom stereocenters. The van der Waals surface area contributed by atoms with Gasteiger partial charge in [-0.05, 0) is 18.8 Å². The molecule has 21 heavy (non-hydrogen) atoms. The second kappa shape index (κ2) is 9.81. The van der Waals surface area contributed by atoms with E-state index in [-0.39, 0.29) is 30.9 Å². The third-order valence-corrected chi connectivity index (χ3v) is 3.71. The van der Waals surface area contributed by atoms with Crippen LogP contribution in [0.2, 0.25) is 0 Å². The molecule has 0 spiro atoms. The number of hydrogen-bond acceptors (Lipinski definition) is 3. The van der Waals surface area contributed by atoms with Gasteiger partial charge in [-0.25, -0.2) is 4.79 Å². The highest BCUT2D eigenvalue weighted by atomic mass is 16.2. The molecule has 1 unspecified atom stereocenters. The van der Waals surface area contributed by atoms with Gasteiger partial charge in [0.2, 0.25) is 5.91 Å². The van der Waals surface area contributed by atoms with Crippen molar-refractivity contribution >= 4 is 11.9 Å². The molecule has 0 aliphatic heterocycles. The van der Waals surface area contributed by atoms with Gasteiger partial charge in [-0.3, -0.25) is 4.79 Å². The van der Waals surface area contributed by atoms with Crippen LogP contribution in [0, 0.1) is 17.2 Å². The summed E-state index contributed by atoms with van der Waals surface area (Å²) in [5, 5.41) is 16.6. The van der Waals surface area contributed by atoms with Gasteiger partial charge in [-0.2, -0.15) is 5.26 Å². The summed E-state index contributed by atoms with van der Waals surface area (Å²) in [5.41, 5.74) is 0. The van der Waals surface area contributed by atoms with Crippen LogP contribution >= 0.6 is 0 Å². The summed E-state index contributed by atoms with van der Waals surface area (Å²) in [6.07, 6.45) is 7.36. The van der Waals surface area contributed by atoms with Crippen molar-refractivity contribution in [3.8, 4) is 6.07 Å². The molecule has 116 valence electrons. The summed E-state index contributed by atoms with van der Waals surface area (Å²) in [5.74, 6) is 0.122. The maximum absolute atomic E-state index is 11.8. The number of nitrogens with one attached hydrogen (secondary N) is 3. The van der Waals surface area contributed by atoms with E-state index < -0.39 is 0 Å². The molecule has 0 aromatic carbocycles.